The number of hydrogen-bond acceptors (Lipinski definition) is 3. The Bertz CT molecular complexity index is 586. The monoisotopic (exact) mass is 342 g/mol. The standard InChI is InChI=1S/C21H30N2O2/c1-22-21(24)19-12-23(13-19)11-16-4-8-20(9-5-16)25-14-18-10-15-2-6-17(18)7-3-15/h4-5,8-9,15,17-19H,2-3,6-7,10-14H2,1H3,(H,22,24). The first kappa shape index (κ1) is 16.9. The van der Waals surface area contributed by atoms with Gasteiger partial charge in [0, 0.05) is 26.7 Å². The number of hydrogen-bond donors (Lipinski definition) is 1. The van der Waals surface area contributed by atoms with Gasteiger partial charge >= 0.3 is 0 Å². The molecule has 4 aliphatic rings. The van der Waals surface area contributed by atoms with Gasteiger partial charge in [-0.3, -0.25) is 9.69 Å². The van der Waals surface area contributed by atoms with Crippen molar-refractivity contribution in [3.8, 4) is 5.75 Å². The number of nitrogens with zero attached hydrogens (tertiary/aromatic N) is 1. The smallest absolute Gasteiger partial charge is 0.225 e. The van der Waals surface area contributed by atoms with Crippen LogP contribution in [0.1, 0.15) is 37.7 Å². The van der Waals surface area contributed by atoms with Crippen LogP contribution in [-0.4, -0.2) is 37.6 Å². The van der Waals surface area contributed by atoms with Gasteiger partial charge in [0.15, 0.2) is 0 Å². The molecule has 1 amide bonds. The van der Waals surface area contributed by atoms with Crippen molar-refractivity contribution in [2.45, 2.75) is 38.6 Å². The lowest BCUT2D eigenvalue weighted by atomic mass is 9.65. The highest BCUT2D eigenvalue weighted by atomic mass is 16.5. The van der Waals surface area contributed by atoms with Crippen LogP contribution in [0.3, 0.4) is 0 Å². The maximum absolute atomic E-state index is 11.5. The Morgan fingerprint density at radius 3 is 2.48 bits per heavy atom. The molecule has 1 aliphatic heterocycles. The number of ether oxygens (including phenoxy) is 1. The minimum absolute atomic E-state index is 0.163. The first-order valence-corrected chi connectivity index (χ1v) is 9.87. The molecular formula is C21H30N2O2. The molecule has 0 spiro atoms. The number of benzene rings is 1. The minimum Gasteiger partial charge on any atom is -0.493 e. The molecule has 4 heteroatoms. The van der Waals surface area contributed by atoms with Crippen molar-refractivity contribution >= 4 is 5.91 Å². The molecule has 1 saturated heterocycles. The van der Waals surface area contributed by atoms with Crippen LogP contribution >= 0.6 is 0 Å². The zero-order valence-corrected chi connectivity index (χ0v) is 15.2. The Morgan fingerprint density at radius 2 is 1.88 bits per heavy atom. The van der Waals surface area contributed by atoms with Crippen LogP contribution in [-0.2, 0) is 11.3 Å². The number of nitrogens with one attached hydrogen (secondary N) is 1. The molecule has 0 radical (unpaired) electrons. The summed E-state index contributed by atoms with van der Waals surface area (Å²) in [5.41, 5.74) is 1.29. The van der Waals surface area contributed by atoms with E-state index in [9.17, 15) is 4.79 Å². The molecule has 2 bridgehead atoms. The van der Waals surface area contributed by atoms with Gasteiger partial charge in [-0.05, 0) is 54.7 Å². The van der Waals surface area contributed by atoms with Crippen molar-refractivity contribution in [3.05, 3.63) is 29.8 Å². The van der Waals surface area contributed by atoms with Gasteiger partial charge in [0.2, 0.25) is 5.91 Å². The van der Waals surface area contributed by atoms with E-state index in [4.69, 9.17) is 4.74 Å². The van der Waals surface area contributed by atoms with Crippen LogP contribution in [0.15, 0.2) is 24.3 Å². The van der Waals surface area contributed by atoms with Gasteiger partial charge in [-0.1, -0.05) is 25.0 Å². The minimum atomic E-state index is 0.163. The zero-order valence-electron chi connectivity index (χ0n) is 15.2. The van der Waals surface area contributed by atoms with E-state index >= 15 is 0 Å². The molecule has 1 unspecified atom stereocenters. The van der Waals surface area contributed by atoms with E-state index in [-0.39, 0.29) is 11.8 Å². The maximum Gasteiger partial charge on any atom is 0.225 e. The lowest BCUT2D eigenvalue weighted by Gasteiger charge is -2.42. The molecular weight excluding hydrogens is 312 g/mol. The second kappa shape index (κ2) is 7.36. The van der Waals surface area contributed by atoms with E-state index in [0.29, 0.717) is 0 Å². The molecule has 4 nitrogen and oxygen atoms in total. The average molecular weight is 342 g/mol. The summed E-state index contributed by atoms with van der Waals surface area (Å²) in [7, 11) is 1.71. The Kier molecular flexibility index (Phi) is 4.98. The number of fused-ring (bicyclic) bond motifs is 3. The Morgan fingerprint density at radius 1 is 1.16 bits per heavy atom. The highest BCUT2D eigenvalue weighted by molar-refractivity contribution is 5.79. The summed E-state index contributed by atoms with van der Waals surface area (Å²) in [5, 5.41) is 2.73. The Balaban J connectivity index is 1.22. The molecule has 5 rings (SSSR count). The summed E-state index contributed by atoms with van der Waals surface area (Å²) in [6.45, 7) is 3.53. The lowest BCUT2D eigenvalue weighted by Crippen LogP contribution is -2.52. The summed E-state index contributed by atoms with van der Waals surface area (Å²) in [6.07, 6.45) is 7.12. The fourth-order valence-corrected chi connectivity index (χ4v) is 4.94. The molecule has 25 heavy (non-hydrogen) atoms. The molecule has 3 saturated carbocycles. The molecule has 4 fully saturated rings. The molecule has 1 aromatic rings. The highest BCUT2D eigenvalue weighted by Crippen LogP contribution is 2.45. The third-order valence-corrected chi connectivity index (χ3v) is 6.56. The van der Waals surface area contributed by atoms with Gasteiger partial charge in [-0.25, -0.2) is 0 Å². The summed E-state index contributed by atoms with van der Waals surface area (Å²) < 4.78 is 6.09. The number of likely N-dealkylation sites (tertiary alicyclic amines) is 1. The van der Waals surface area contributed by atoms with Crippen LogP contribution in [0.25, 0.3) is 0 Å². The zero-order chi connectivity index (χ0) is 17.2. The lowest BCUT2D eigenvalue weighted by molar-refractivity contribution is -0.129. The van der Waals surface area contributed by atoms with Crippen LogP contribution in [0, 0.1) is 23.7 Å². The summed E-state index contributed by atoms with van der Waals surface area (Å²) in [5.74, 6) is 3.97. The summed E-state index contributed by atoms with van der Waals surface area (Å²) in [4.78, 5) is 13.8. The van der Waals surface area contributed by atoms with Crippen LogP contribution in [0.5, 0.6) is 5.75 Å². The molecule has 0 aromatic heterocycles. The van der Waals surface area contributed by atoms with Crippen LogP contribution < -0.4 is 10.1 Å². The number of amides is 1. The second-order valence-corrected chi connectivity index (χ2v) is 8.24. The largest absolute Gasteiger partial charge is 0.493 e. The fraction of sp³-hybridized carbons (Fsp3) is 0.667. The SMILES string of the molecule is CNC(=O)C1CN(Cc2ccc(OCC3CC4CCC3CC4)cc2)C1. The predicted molar refractivity (Wildman–Crippen MR) is 98.3 cm³/mol. The van der Waals surface area contributed by atoms with Gasteiger partial charge < -0.3 is 10.1 Å². The first-order valence-electron chi connectivity index (χ1n) is 9.87. The van der Waals surface area contributed by atoms with Gasteiger partial charge in [0.05, 0.1) is 12.5 Å². The Labute approximate surface area is 150 Å². The van der Waals surface area contributed by atoms with E-state index < -0.39 is 0 Å². The van der Waals surface area contributed by atoms with Gasteiger partial charge in [-0.15, -0.1) is 0 Å². The number of rotatable bonds is 6. The molecule has 3 aliphatic carbocycles. The topological polar surface area (TPSA) is 41.6 Å². The quantitative estimate of drug-likeness (QED) is 0.864. The maximum atomic E-state index is 11.5. The van der Waals surface area contributed by atoms with E-state index in [2.05, 4.69) is 34.5 Å². The number of carbonyl (C=O) groups excluding carboxylic acids is 1. The molecule has 1 N–H and O–H groups in total. The predicted octanol–water partition coefficient (Wildman–Crippen LogP) is 3.07. The van der Waals surface area contributed by atoms with Crippen molar-refractivity contribution in [1.29, 1.82) is 0 Å². The van der Waals surface area contributed by atoms with Crippen molar-refractivity contribution < 1.29 is 9.53 Å². The summed E-state index contributed by atoms with van der Waals surface area (Å²) in [6, 6.07) is 8.53. The molecule has 136 valence electrons. The van der Waals surface area contributed by atoms with Crippen molar-refractivity contribution in [2.24, 2.45) is 23.7 Å². The van der Waals surface area contributed by atoms with Gasteiger partial charge in [-0.2, -0.15) is 0 Å². The van der Waals surface area contributed by atoms with Crippen LogP contribution in [0.4, 0.5) is 0 Å². The van der Waals surface area contributed by atoms with Crippen molar-refractivity contribution in [2.75, 3.05) is 26.7 Å². The normalized spacial score (nSPS) is 29.2. The van der Waals surface area contributed by atoms with Crippen LogP contribution in [0.2, 0.25) is 0 Å². The highest BCUT2D eigenvalue weighted by Gasteiger charge is 2.35. The third-order valence-electron chi connectivity index (χ3n) is 6.56. The van der Waals surface area contributed by atoms with E-state index in [1.807, 2.05) is 0 Å². The fourth-order valence-electron chi connectivity index (χ4n) is 4.94. The van der Waals surface area contributed by atoms with Gasteiger partial charge in [0.25, 0.3) is 0 Å². The van der Waals surface area contributed by atoms with E-state index in [1.54, 1.807) is 7.05 Å². The first-order chi connectivity index (χ1) is 12.2. The Hall–Kier alpha value is -1.55. The van der Waals surface area contributed by atoms with Crippen molar-refractivity contribution in [3.63, 3.8) is 0 Å². The number of carbonyl (C=O) groups is 1. The molecule has 1 atom stereocenters. The molecule has 1 heterocycles. The summed E-state index contributed by atoms with van der Waals surface area (Å²) >= 11 is 0. The second-order valence-electron chi connectivity index (χ2n) is 8.24. The third kappa shape index (κ3) is 3.84. The van der Waals surface area contributed by atoms with Gasteiger partial charge in [0.1, 0.15) is 5.75 Å². The molecule has 1 aromatic carbocycles. The van der Waals surface area contributed by atoms with Crippen molar-refractivity contribution in [1.82, 2.24) is 10.2 Å². The van der Waals surface area contributed by atoms with E-state index in [0.717, 1.165) is 49.7 Å². The average Bonchev–Trinajstić information content (AvgIpc) is 2.64. The van der Waals surface area contributed by atoms with E-state index in [1.165, 1.54) is 37.7 Å².